The topological polar surface area (TPSA) is 79.4 Å². The monoisotopic (exact) mass is 406 g/mol. The molecule has 0 amide bonds. The smallest absolute Gasteiger partial charge is 0.180 e. The third-order valence-electron chi connectivity index (χ3n) is 5.32. The van der Waals surface area contributed by atoms with E-state index >= 15 is 0 Å². The van der Waals surface area contributed by atoms with Crippen LogP contribution in [0.15, 0.2) is 85.5 Å². The van der Waals surface area contributed by atoms with Crippen molar-refractivity contribution in [2.24, 2.45) is 0 Å². The maximum Gasteiger partial charge on any atom is 0.180 e. The average Bonchev–Trinajstić information content (AvgIpc) is 3.28. The third kappa shape index (κ3) is 4.00. The van der Waals surface area contributed by atoms with Gasteiger partial charge in [-0.25, -0.2) is 9.97 Å². The predicted octanol–water partition coefficient (Wildman–Crippen LogP) is 5.30. The molecule has 0 bridgehead atoms. The van der Waals surface area contributed by atoms with E-state index in [4.69, 9.17) is 9.97 Å². The lowest BCUT2D eigenvalue weighted by Crippen LogP contribution is -2.11. The Morgan fingerprint density at radius 1 is 0.935 bits per heavy atom. The maximum absolute atomic E-state index is 4.73. The first kappa shape index (κ1) is 18.9. The summed E-state index contributed by atoms with van der Waals surface area (Å²) < 4.78 is 0. The van der Waals surface area contributed by atoms with Crippen LogP contribution in [0.5, 0.6) is 0 Å². The molecule has 0 aliphatic heterocycles. The molecule has 1 aromatic carbocycles. The summed E-state index contributed by atoms with van der Waals surface area (Å²) in [7, 11) is 0. The Balaban J connectivity index is 1.45. The highest BCUT2D eigenvalue weighted by atomic mass is 15.0. The Hall–Kier alpha value is -4.06. The second kappa shape index (κ2) is 8.36. The zero-order chi connectivity index (χ0) is 21.0. The van der Waals surface area contributed by atoms with Gasteiger partial charge in [-0.2, -0.15) is 0 Å². The predicted molar refractivity (Wildman–Crippen MR) is 124 cm³/mol. The van der Waals surface area contributed by atoms with E-state index in [1.807, 2.05) is 48.7 Å². The number of aromatic nitrogens is 5. The van der Waals surface area contributed by atoms with Gasteiger partial charge in [-0.15, -0.1) is 0 Å². The van der Waals surface area contributed by atoms with Gasteiger partial charge in [0.1, 0.15) is 11.5 Å². The highest BCUT2D eigenvalue weighted by Gasteiger charge is 2.13. The number of fused-ring (bicyclic) bond motifs is 1. The first-order valence-corrected chi connectivity index (χ1v) is 10.3. The number of nitrogens with one attached hydrogen (secondary N) is 2. The van der Waals surface area contributed by atoms with Crippen molar-refractivity contribution >= 4 is 16.7 Å². The fraction of sp³-hybridized carbons (Fsp3) is 0.120. The van der Waals surface area contributed by atoms with Crippen molar-refractivity contribution in [3.63, 3.8) is 0 Å². The molecule has 0 fully saturated rings. The number of rotatable bonds is 6. The van der Waals surface area contributed by atoms with Gasteiger partial charge in [-0.1, -0.05) is 31.2 Å². The molecule has 31 heavy (non-hydrogen) atoms. The molecule has 5 rings (SSSR count). The van der Waals surface area contributed by atoms with Crippen molar-refractivity contribution in [2.75, 3.05) is 11.9 Å². The van der Waals surface area contributed by atoms with Crippen LogP contribution in [0.3, 0.4) is 0 Å². The van der Waals surface area contributed by atoms with Gasteiger partial charge in [0.15, 0.2) is 5.82 Å². The van der Waals surface area contributed by atoms with Gasteiger partial charge >= 0.3 is 0 Å². The minimum absolute atomic E-state index is 0.297. The SMILES string of the molecule is CC(CNc1cc(-c2cccnc2)nc(-c2ccccn2)n1)c1c[nH]c2ccccc12. The number of nitrogens with zero attached hydrogens (tertiary/aromatic N) is 4. The molecule has 0 radical (unpaired) electrons. The van der Waals surface area contributed by atoms with Crippen LogP contribution in [-0.4, -0.2) is 31.5 Å². The van der Waals surface area contributed by atoms with Crippen molar-refractivity contribution in [3.05, 3.63) is 91.0 Å². The van der Waals surface area contributed by atoms with Gasteiger partial charge in [-0.3, -0.25) is 9.97 Å². The Kier molecular flexibility index (Phi) is 5.10. The van der Waals surface area contributed by atoms with Crippen LogP contribution in [0, 0.1) is 0 Å². The van der Waals surface area contributed by atoms with Gasteiger partial charge in [0.25, 0.3) is 0 Å². The van der Waals surface area contributed by atoms with Crippen LogP contribution in [0.1, 0.15) is 18.4 Å². The lowest BCUT2D eigenvalue weighted by atomic mass is 10.0. The molecule has 0 spiro atoms. The molecule has 2 N–H and O–H groups in total. The summed E-state index contributed by atoms with van der Waals surface area (Å²) in [6.07, 6.45) is 7.41. The van der Waals surface area contributed by atoms with Crippen molar-refractivity contribution in [2.45, 2.75) is 12.8 Å². The Morgan fingerprint density at radius 2 is 1.84 bits per heavy atom. The van der Waals surface area contributed by atoms with Gasteiger partial charge in [0.05, 0.1) is 5.69 Å². The number of benzene rings is 1. The number of para-hydroxylation sites is 1. The van der Waals surface area contributed by atoms with Gasteiger partial charge in [0.2, 0.25) is 0 Å². The number of aromatic amines is 1. The summed E-state index contributed by atoms with van der Waals surface area (Å²) in [5.74, 6) is 1.65. The zero-order valence-corrected chi connectivity index (χ0v) is 17.2. The number of H-pyrrole nitrogens is 1. The molecule has 0 aliphatic rings. The molecule has 4 heterocycles. The van der Waals surface area contributed by atoms with E-state index in [2.05, 4.69) is 51.6 Å². The molecule has 0 aliphatic carbocycles. The summed E-state index contributed by atoms with van der Waals surface area (Å²) in [6.45, 7) is 2.96. The molecule has 4 aromatic heterocycles. The standard InChI is InChI=1S/C25H22N6/c1-17(20-16-28-21-9-3-2-8-19(20)21)14-29-24-13-23(18-7-6-11-26-15-18)30-25(31-24)22-10-4-5-12-27-22/h2-13,15-17,28H,14H2,1H3,(H,29,30,31). The van der Waals surface area contributed by atoms with Crippen LogP contribution in [0.4, 0.5) is 5.82 Å². The summed E-state index contributed by atoms with van der Waals surface area (Å²) in [6, 6.07) is 20.0. The normalized spacial score (nSPS) is 12.0. The molecule has 1 unspecified atom stereocenters. The van der Waals surface area contributed by atoms with E-state index in [1.54, 1.807) is 12.4 Å². The Bertz CT molecular complexity index is 1240. The average molecular weight is 406 g/mol. The molecule has 0 saturated carbocycles. The number of hydrogen-bond donors (Lipinski definition) is 2. The second-order valence-corrected chi connectivity index (χ2v) is 7.49. The number of anilines is 1. The van der Waals surface area contributed by atoms with Crippen LogP contribution >= 0.6 is 0 Å². The molecule has 6 nitrogen and oxygen atoms in total. The molecule has 6 heteroatoms. The highest BCUT2D eigenvalue weighted by Crippen LogP contribution is 2.27. The summed E-state index contributed by atoms with van der Waals surface area (Å²) in [5.41, 5.74) is 4.93. The third-order valence-corrected chi connectivity index (χ3v) is 5.32. The Labute approximate surface area is 180 Å². The van der Waals surface area contributed by atoms with E-state index < -0.39 is 0 Å². The minimum atomic E-state index is 0.297. The van der Waals surface area contributed by atoms with Gasteiger partial charge in [-0.05, 0) is 35.9 Å². The molecular formula is C25H22N6. The van der Waals surface area contributed by atoms with E-state index in [9.17, 15) is 0 Å². The number of hydrogen-bond acceptors (Lipinski definition) is 5. The summed E-state index contributed by atoms with van der Waals surface area (Å²) >= 11 is 0. The quantitative estimate of drug-likeness (QED) is 0.400. The van der Waals surface area contributed by atoms with E-state index in [-0.39, 0.29) is 0 Å². The van der Waals surface area contributed by atoms with Crippen LogP contribution in [0.2, 0.25) is 0 Å². The van der Waals surface area contributed by atoms with E-state index in [0.717, 1.165) is 34.8 Å². The lowest BCUT2D eigenvalue weighted by Gasteiger charge is -2.14. The maximum atomic E-state index is 4.73. The molecule has 152 valence electrons. The number of pyridine rings is 2. The largest absolute Gasteiger partial charge is 0.369 e. The van der Waals surface area contributed by atoms with Crippen LogP contribution in [-0.2, 0) is 0 Å². The highest BCUT2D eigenvalue weighted by molar-refractivity contribution is 5.83. The van der Waals surface area contributed by atoms with Crippen molar-refractivity contribution in [1.29, 1.82) is 0 Å². The second-order valence-electron chi connectivity index (χ2n) is 7.49. The van der Waals surface area contributed by atoms with E-state index in [0.29, 0.717) is 11.7 Å². The first-order valence-electron chi connectivity index (χ1n) is 10.3. The Morgan fingerprint density at radius 3 is 2.68 bits per heavy atom. The lowest BCUT2D eigenvalue weighted by molar-refractivity contribution is 0.808. The minimum Gasteiger partial charge on any atom is -0.369 e. The molecular weight excluding hydrogens is 384 g/mol. The fourth-order valence-corrected chi connectivity index (χ4v) is 3.68. The van der Waals surface area contributed by atoms with Crippen LogP contribution < -0.4 is 5.32 Å². The van der Waals surface area contributed by atoms with Crippen molar-refractivity contribution in [1.82, 2.24) is 24.9 Å². The van der Waals surface area contributed by atoms with Crippen molar-refractivity contribution < 1.29 is 0 Å². The summed E-state index contributed by atoms with van der Waals surface area (Å²) in [4.78, 5) is 21.5. The first-order chi connectivity index (χ1) is 15.3. The van der Waals surface area contributed by atoms with Gasteiger partial charge < -0.3 is 10.3 Å². The molecule has 5 aromatic rings. The van der Waals surface area contributed by atoms with Gasteiger partial charge in [0, 0.05) is 59.8 Å². The fourth-order valence-electron chi connectivity index (χ4n) is 3.68. The van der Waals surface area contributed by atoms with E-state index in [1.165, 1.54) is 10.9 Å². The van der Waals surface area contributed by atoms with Crippen molar-refractivity contribution in [3.8, 4) is 22.8 Å². The molecule has 1 atom stereocenters. The van der Waals surface area contributed by atoms with Crippen LogP contribution in [0.25, 0.3) is 33.7 Å². The summed E-state index contributed by atoms with van der Waals surface area (Å²) in [5, 5.41) is 4.76. The zero-order valence-electron chi connectivity index (χ0n) is 17.2. The molecule has 0 saturated heterocycles.